The smallest absolute Gasteiger partial charge is 0.330 e. The maximum atomic E-state index is 11.5. The second-order valence-corrected chi connectivity index (χ2v) is 3.51. The van der Waals surface area contributed by atoms with E-state index < -0.39 is 17.8 Å². The van der Waals surface area contributed by atoms with Gasteiger partial charge in [-0.15, -0.1) is 5.06 Å². The number of hydroxylamine groups is 2. The van der Waals surface area contributed by atoms with Crippen LogP contribution in [0.3, 0.4) is 0 Å². The Morgan fingerprint density at radius 3 is 2.13 bits per heavy atom. The molecule has 0 spiro atoms. The van der Waals surface area contributed by atoms with Gasteiger partial charge in [-0.25, -0.2) is 4.79 Å². The zero-order chi connectivity index (χ0) is 11.4. The largest absolute Gasteiger partial charge is 0.336 e. The number of amides is 2. The molecule has 1 heterocycles. The van der Waals surface area contributed by atoms with Crippen LogP contribution in [-0.2, 0) is 19.2 Å². The minimum absolute atomic E-state index is 0.134. The van der Waals surface area contributed by atoms with Crippen LogP contribution < -0.4 is 0 Å². The van der Waals surface area contributed by atoms with E-state index in [0.29, 0.717) is 17.9 Å². The number of nitrogens with zero attached hydrogens (tertiary/aromatic N) is 1. The molecule has 0 unspecified atom stereocenters. The van der Waals surface area contributed by atoms with Crippen molar-refractivity contribution in [2.45, 2.75) is 39.5 Å². The Balaban J connectivity index is 2.57. The predicted octanol–water partition coefficient (Wildman–Crippen LogP) is 1.03. The van der Waals surface area contributed by atoms with Crippen LogP contribution in [0.25, 0.3) is 0 Å². The van der Waals surface area contributed by atoms with Crippen LogP contribution in [0.5, 0.6) is 0 Å². The lowest BCUT2D eigenvalue weighted by Crippen LogP contribution is -2.34. The van der Waals surface area contributed by atoms with E-state index in [0.717, 1.165) is 0 Å². The van der Waals surface area contributed by atoms with Crippen LogP contribution in [0.2, 0.25) is 0 Å². The van der Waals surface area contributed by atoms with Gasteiger partial charge in [-0.1, -0.05) is 13.8 Å². The first-order valence-corrected chi connectivity index (χ1v) is 5.17. The van der Waals surface area contributed by atoms with E-state index in [2.05, 4.69) is 0 Å². The molecule has 0 aromatic carbocycles. The number of imide groups is 1. The molecule has 1 aliphatic rings. The van der Waals surface area contributed by atoms with Gasteiger partial charge >= 0.3 is 5.97 Å². The first kappa shape index (κ1) is 11.7. The van der Waals surface area contributed by atoms with E-state index in [1.165, 1.54) is 0 Å². The highest BCUT2D eigenvalue weighted by Gasteiger charge is 2.34. The molecule has 0 saturated carbocycles. The molecule has 1 fully saturated rings. The molecule has 5 heteroatoms. The molecular weight excluding hydrogens is 198 g/mol. The summed E-state index contributed by atoms with van der Waals surface area (Å²) in [6.45, 7) is 3.73. The van der Waals surface area contributed by atoms with E-state index in [1.54, 1.807) is 0 Å². The summed E-state index contributed by atoms with van der Waals surface area (Å²) in [4.78, 5) is 38.6. The van der Waals surface area contributed by atoms with Crippen LogP contribution in [0.4, 0.5) is 0 Å². The topological polar surface area (TPSA) is 63.7 Å². The fourth-order valence-corrected chi connectivity index (χ4v) is 1.44. The van der Waals surface area contributed by atoms with Gasteiger partial charge in [0.2, 0.25) is 0 Å². The Kier molecular flexibility index (Phi) is 3.82. The second-order valence-electron chi connectivity index (χ2n) is 3.51. The van der Waals surface area contributed by atoms with E-state index in [1.807, 2.05) is 13.8 Å². The quantitative estimate of drug-likeness (QED) is 0.654. The summed E-state index contributed by atoms with van der Waals surface area (Å²) in [6.07, 6.45) is 1.56. The summed E-state index contributed by atoms with van der Waals surface area (Å²) in [5.74, 6) is -1.60. The van der Waals surface area contributed by atoms with Crippen molar-refractivity contribution >= 4 is 17.8 Å². The van der Waals surface area contributed by atoms with Crippen molar-refractivity contribution in [3.8, 4) is 0 Å². The third kappa shape index (κ3) is 2.55. The highest BCUT2D eigenvalue weighted by Crippen LogP contribution is 2.16. The Morgan fingerprint density at radius 1 is 1.27 bits per heavy atom. The molecule has 5 nitrogen and oxygen atoms in total. The molecule has 0 radical (unpaired) electrons. The van der Waals surface area contributed by atoms with Crippen molar-refractivity contribution in [3.63, 3.8) is 0 Å². The van der Waals surface area contributed by atoms with E-state index in [-0.39, 0.29) is 18.8 Å². The molecule has 84 valence electrons. The molecule has 0 aromatic rings. The number of rotatable bonds is 4. The fraction of sp³-hybridized carbons (Fsp3) is 0.700. The Morgan fingerprint density at radius 2 is 1.73 bits per heavy atom. The van der Waals surface area contributed by atoms with Crippen molar-refractivity contribution in [2.75, 3.05) is 0 Å². The number of hydrogen-bond donors (Lipinski definition) is 0. The van der Waals surface area contributed by atoms with Gasteiger partial charge in [-0.2, -0.15) is 0 Å². The summed E-state index contributed by atoms with van der Waals surface area (Å²) in [6, 6.07) is 0. The van der Waals surface area contributed by atoms with Gasteiger partial charge in [0.1, 0.15) is 0 Å². The van der Waals surface area contributed by atoms with Crippen LogP contribution in [-0.4, -0.2) is 22.8 Å². The highest BCUT2D eigenvalue weighted by molar-refractivity contribution is 6.01. The lowest BCUT2D eigenvalue weighted by molar-refractivity contribution is -0.200. The van der Waals surface area contributed by atoms with Gasteiger partial charge in [0.15, 0.2) is 0 Å². The average molecular weight is 213 g/mol. The second kappa shape index (κ2) is 4.91. The normalized spacial score (nSPS) is 16.3. The van der Waals surface area contributed by atoms with Crippen molar-refractivity contribution in [3.05, 3.63) is 0 Å². The summed E-state index contributed by atoms with van der Waals surface area (Å²) in [5, 5.41) is 0.598. The standard InChI is InChI=1S/C10H15NO4/c1-3-7(4-2)10(14)15-11-8(12)5-6-9(11)13/h7H,3-6H2,1-2H3. The van der Waals surface area contributed by atoms with Crippen molar-refractivity contribution < 1.29 is 19.2 Å². The molecule has 0 atom stereocenters. The van der Waals surface area contributed by atoms with Gasteiger partial charge in [0.05, 0.1) is 5.92 Å². The van der Waals surface area contributed by atoms with Gasteiger partial charge in [-0.05, 0) is 12.8 Å². The maximum Gasteiger partial charge on any atom is 0.336 e. The number of hydrogen-bond acceptors (Lipinski definition) is 4. The summed E-state index contributed by atoms with van der Waals surface area (Å²) in [5.41, 5.74) is 0. The molecule has 1 aliphatic heterocycles. The van der Waals surface area contributed by atoms with Gasteiger partial charge in [0, 0.05) is 12.8 Å². The Labute approximate surface area is 88.3 Å². The first-order chi connectivity index (χ1) is 7.10. The summed E-state index contributed by atoms with van der Waals surface area (Å²) < 4.78 is 0. The van der Waals surface area contributed by atoms with Crippen LogP contribution in [0.1, 0.15) is 39.5 Å². The molecule has 0 aliphatic carbocycles. The molecule has 0 bridgehead atoms. The van der Waals surface area contributed by atoms with Crippen LogP contribution in [0, 0.1) is 5.92 Å². The van der Waals surface area contributed by atoms with Gasteiger partial charge in [-0.3, -0.25) is 9.59 Å². The molecular formula is C10H15NO4. The highest BCUT2D eigenvalue weighted by atomic mass is 16.7. The van der Waals surface area contributed by atoms with E-state index in [9.17, 15) is 14.4 Å². The van der Waals surface area contributed by atoms with Crippen molar-refractivity contribution in [2.24, 2.45) is 5.92 Å². The Bertz CT molecular complexity index is 267. The minimum atomic E-state index is -0.497. The molecule has 2 amide bonds. The zero-order valence-electron chi connectivity index (χ0n) is 8.99. The predicted molar refractivity (Wildman–Crippen MR) is 51.3 cm³/mol. The SMILES string of the molecule is CCC(CC)C(=O)ON1C(=O)CCC1=O. The fourth-order valence-electron chi connectivity index (χ4n) is 1.44. The van der Waals surface area contributed by atoms with Crippen LogP contribution >= 0.6 is 0 Å². The van der Waals surface area contributed by atoms with Crippen molar-refractivity contribution in [1.29, 1.82) is 0 Å². The molecule has 1 saturated heterocycles. The number of carbonyl (C=O) groups excluding carboxylic acids is 3. The number of carbonyl (C=O) groups is 3. The zero-order valence-corrected chi connectivity index (χ0v) is 8.99. The summed E-state index contributed by atoms with van der Waals surface area (Å²) >= 11 is 0. The minimum Gasteiger partial charge on any atom is -0.330 e. The van der Waals surface area contributed by atoms with Gasteiger partial charge < -0.3 is 4.84 Å². The van der Waals surface area contributed by atoms with E-state index in [4.69, 9.17) is 4.84 Å². The third-order valence-corrected chi connectivity index (χ3v) is 2.51. The van der Waals surface area contributed by atoms with E-state index >= 15 is 0 Å². The monoisotopic (exact) mass is 213 g/mol. The lowest BCUT2D eigenvalue weighted by Gasteiger charge is -2.16. The van der Waals surface area contributed by atoms with Gasteiger partial charge in [0.25, 0.3) is 11.8 Å². The van der Waals surface area contributed by atoms with Crippen LogP contribution in [0.15, 0.2) is 0 Å². The van der Waals surface area contributed by atoms with Crippen molar-refractivity contribution in [1.82, 2.24) is 5.06 Å². The molecule has 0 N–H and O–H groups in total. The maximum absolute atomic E-state index is 11.5. The first-order valence-electron chi connectivity index (χ1n) is 5.17. The summed E-state index contributed by atoms with van der Waals surface area (Å²) in [7, 11) is 0. The Hall–Kier alpha value is -1.39. The molecule has 15 heavy (non-hydrogen) atoms. The molecule has 1 rings (SSSR count). The molecule has 0 aromatic heterocycles. The third-order valence-electron chi connectivity index (χ3n) is 2.51. The lowest BCUT2D eigenvalue weighted by atomic mass is 10.0. The average Bonchev–Trinajstić information content (AvgIpc) is 2.51.